The number of aliphatic hydroxyl groups is 1. The van der Waals surface area contributed by atoms with Gasteiger partial charge >= 0.3 is 0 Å². The Morgan fingerprint density at radius 1 is 1.19 bits per heavy atom. The molecule has 1 N–H and O–H groups in total. The van der Waals surface area contributed by atoms with E-state index in [2.05, 4.69) is 27.7 Å². The third kappa shape index (κ3) is 3.13. The van der Waals surface area contributed by atoms with Gasteiger partial charge in [-0.15, -0.1) is 0 Å². The summed E-state index contributed by atoms with van der Waals surface area (Å²) >= 11 is 8.35. The molecule has 0 saturated carbocycles. The van der Waals surface area contributed by atoms with E-state index in [-0.39, 0.29) is 16.5 Å². The highest BCUT2D eigenvalue weighted by molar-refractivity contribution is 14.1. The molecule has 0 aliphatic rings. The first-order valence-electron chi connectivity index (χ1n) is 7.84. The van der Waals surface area contributed by atoms with Crippen molar-refractivity contribution in [1.29, 1.82) is 0 Å². The minimum absolute atomic E-state index is 0.184. The highest BCUT2D eigenvalue weighted by atomic mass is 127. The maximum Gasteiger partial charge on any atom is 0.155 e. The number of halogens is 3. The Kier molecular flexibility index (Phi) is 4.73. The van der Waals surface area contributed by atoms with Crippen LogP contribution in [0, 0.1) is 5.82 Å². The largest absolute Gasteiger partial charge is 0.457 e. The van der Waals surface area contributed by atoms with Crippen molar-refractivity contribution in [2.24, 2.45) is 0 Å². The van der Waals surface area contributed by atoms with Gasteiger partial charge in [0, 0.05) is 10.4 Å². The zero-order valence-corrected chi connectivity index (χ0v) is 16.3. The molecule has 0 aliphatic heterocycles. The molecule has 26 heavy (non-hydrogen) atoms. The average Bonchev–Trinajstić information content (AvgIpc) is 3.25. The summed E-state index contributed by atoms with van der Waals surface area (Å²) in [5.41, 5.74) is 2.21. The zero-order chi connectivity index (χ0) is 18.3. The van der Waals surface area contributed by atoms with Crippen LogP contribution in [0.15, 0.2) is 59.0 Å². The fourth-order valence-corrected chi connectivity index (χ4v) is 3.86. The van der Waals surface area contributed by atoms with Gasteiger partial charge in [-0.1, -0.05) is 46.3 Å². The maximum atomic E-state index is 13.9. The number of nitrogens with zero attached hydrogens (tertiary/aromatic N) is 2. The molecule has 0 bridgehead atoms. The van der Waals surface area contributed by atoms with Gasteiger partial charge < -0.3 is 9.52 Å². The summed E-state index contributed by atoms with van der Waals surface area (Å²) in [5.74, 6) is 0.639. The Hall–Kier alpha value is -1.90. The van der Waals surface area contributed by atoms with Gasteiger partial charge in [0.1, 0.15) is 27.9 Å². The first kappa shape index (κ1) is 17.5. The standard InChI is InChI=1S/C19H13ClFIN2O2/c20-12-3-1-2-11(8-12)19(22)24-16-9-13(21)4-6-15(16)18(23-24)17-7-5-14(10-25)26-17/h1-9,19,25H,10H2. The van der Waals surface area contributed by atoms with Crippen molar-refractivity contribution in [2.45, 2.75) is 10.7 Å². The summed E-state index contributed by atoms with van der Waals surface area (Å²) in [7, 11) is 0. The third-order valence-electron chi connectivity index (χ3n) is 4.06. The lowest BCUT2D eigenvalue weighted by molar-refractivity contribution is 0.248. The molecule has 0 radical (unpaired) electrons. The molecule has 4 nitrogen and oxygen atoms in total. The fraction of sp³-hybridized carbons (Fsp3) is 0.105. The predicted molar refractivity (Wildman–Crippen MR) is 107 cm³/mol. The van der Waals surface area contributed by atoms with Gasteiger partial charge in [0.2, 0.25) is 0 Å². The van der Waals surface area contributed by atoms with Gasteiger partial charge in [0.25, 0.3) is 0 Å². The SMILES string of the molecule is OCc1ccc(-c2nn(C(I)c3cccc(Cl)c3)c3cc(F)ccc23)o1. The van der Waals surface area contributed by atoms with Crippen LogP contribution in [0.25, 0.3) is 22.4 Å². The molecule has 0 fully saturated rings. The van der Waals surface area contributed by atoms with Crippen LogP contribution in [-0.4, -0.2) is 14.9 Å². The van der Waals surface area contributed by atoms with Gasteiger partial charge in [-0.2, -0.15) is 5.10 Å². The Morgan fingerprint density at radius 3 is 2.77 bits per heavy atom. The average molecular weight is 483 g/mol. The minimum atomic E-state index is -0.338. The first-order chi connectivity index (χ1) is 12.6. The van der Waals surface area contributed by atoms with E-state index < -0.39 is 0 Å². The van der Waals surface area contributed by atoms with Gasteiger partial charge in [-0.3, -0.25) is 0 Å². The molecule has 132 valence electrons. The summed E-state index contributed by atoms with van der Waals surface area (Å²) < 4.78 is 21.1. The lowest BCUT2D eigenvalue weighted by atomic mass is 10.1. The monoisotopic (exact) mass is 482 g/mol. The second-order valence-electron chi connectivity index (χ2n) is 5.77. The predicted octanol–water partition coefficient (Wildman–Crippen LogP) is 5.56. The van der Waals surface area contributed by atoms with Crippen LogP contribution in [-0.2, 0) is 6.61 Å². The van der Waals surface area contributed by atoms with Gasteiger partial charge in [-0.25, -0.2) is 9.07 Å². The van der Waals surface area contributed by atoms with Crippen molar-refractivity contribution in [3.63, 3.8) is 0 Å². The first-order valence-corrected chi connectivity index (χ1v) is 9.46. The molecule has 7 heteroatoms. The van der Waals surface area contributed by atoms with Crippen LogP contribution >= 0.6 is 34.2 Å². The number of alkyl halides is 1. The zero-order valence-electron chi connectivity index (χ0n) is 13.4. The molecule has 0 spiro atoms. The normalized spacial score (nSPS) is 12.6. The van der Waals surface area contributed by atoms with E-state index in [1.54, 1.807) is 28.9 Å². The summed E-state index contributed by atoms with van der Waals surface area (Å²) in [5, 5.41) is 15.3. The number of hydrogen-bond donors (Lipinski definition) is 1. The lowest BCUT2D eigenvalue weighted by Gasteiger charge is -2.12. The number of aliphatic hydroxyl groups excluding tert-OH is 1. The van der Waals surface area contributed by atoms with Crippen molar-refractivity contribution < 1.29 is 13.9 Å². The maximum absolute atomic E-state index is 13.9. The van der Waals surface area contributed by atoms with Gasteiger partial charge in [0.15, 0.2) is 5.76 Å². The van der Waals surface area contributed by atoms with E-state index in [0.29, 0.717) is 27.8 Å². The Bertz CT molecular complexity index is 1090. The number of furan rings is 1. The third-order valence-corrected chi connectivity index (χ3v) is 5.54. The molecular formula is C19H13ClFIN2O2. The smallest absolute Gasteiger partial charge is 0.155 e. The Morgan fingerprint density at radius 2 is 2.04 bits per heavy atom. The minimum Gasteiger partial charge on any atom is -0.457 e. The van der Waals surface area contributed by atoms with E-state index in [4.69, 9.17) is 16.0 Å². The van der Waals surface area contributed by atoms with E-state index in [1.807, 2.05) is 18.2 Å². The molecule has 2 aromatic heterocycles. The van der Waals surface area contributed by atoms with Crippen molar-refractivity contribution in [2.75, 3.05) is 0 Å². The second kappa shape index (κ2) is 7.02. The van der Waals surface area contributed by atoms with Gasteiger partial charge in [-0.05, 0) is 48.0 Å². The number of rotatable bonds is 4. The highest BCUT2D eigenvalue weighted by Crippen LogP contribution is 2.35. The molecule has 4 rings (SSSR count). The van der Waals surface area contributed by atoms with E-state index >= 15 is 0 Å². The molecule has 0 amide bonds. The Labute approximate surface area is 167 Å². The van der Waals surface area contributed by atoms with E-state index in [9.17, 15) is 9.50 Å². The fourth-order valence-electron chi connectivity index (χ4n) is 2.85. The second-order valence-corrected chi connectivity index (χ2v) is 7.39. The van der Waals surface area contributed by atoms with Crippen molar-refractivity contribution >= 4 is 45.1 Å². The van der Waals surface area contributed by atoms with Crippen molar-refractivity contribution in [1.82, 2.24) is 9.78 Å². The quantitative estimate of drug-likeness (QED) is 0.306. The summed E-state index contributed by atoms with van der Waals surface area (Å²) in [6.45, 7) is -0.190. The highest BCUT2D eigenvalue weighted by Gasteiger charge is 2.21. The Balaban J connectivity index is 1.90. The molecule has 1 atom stereocenters. The van der Waals surface area contributed by atoms with E-state index in [0.717, 1.165) is 10.9 Å². The van der Waals surface area contributed by atoms with Crippen LogP contribution in [0.5, 0.6) is 0 Å². The number of fused-ring (bicyclic) bond motifs is 1. The van der Waals surface area contributed by atoms with E-state index in [1.165, 1.54) is 12.1 Å². The summed E-state index contributed by atoms with van der Waals surface area (Å²) in [4.78, 5) is 0. The topological polar surface area (TPSA) is 51.2 Å². The number of benzene rings is 2. The molecule has 1 unspecified atom stereocenters. The van der Waals surface area contributed by atoms with Crippen LogP contribution in [0.2, 0.25) is 5.02 Å². The summed E-state index contributed by atoms with van der Waals surface area (Å²) in [6.07, 6.45) is 0. The molecule has 2 heterocycles. The lowest BCUT2D eigenvalue weighted by Crippen LogP contribution is -2.05. The molecule has 0 saturated heterocycles. The molecule has 4 aromatic rings. The van der Waals surface area contributed by atoms with Crippen LogP contribution in [0.1, 0.15) is 15.4 Å². The van der Waals surface area contributed by atoms with Crippen molar-refractivity contribution in [3.05, 3.63) is 76.8 Å². The van der Waals surface area contributed by atoms with Crippen LogP contribution < -0.4 is 0 Å². The molecular weight excluding hydrogens is 470 g/mol. The number of aromatic nitrogens is 2. The van der Waals surface area contributed by atoms with Crippen molar-refractivity contribution in [3.8, 4) is 11.5 Å². The van der Waals surface area contributed by atoms with Gasteiger partial charge in [0.05, 0.1) is 5.52 Å². The number of hydrogen-bond acceptors (Lipinski definition) is 3. The summed E-state index contributed by atoms with van der Waals surface area (Å²) in [6, 6.07) is 15.5. The van der Waals surface area contributed by atoms with Crippen LogP contribution in [0.3, 0.4) is 0 Å². The molecule has 0 aliphatic carbocycles. The van der Waals surface area contributed by atoms with Crippen LogP contribution in [0.4, 0.5) is 4.39 Å². The molecule has 2 aromatic carbocycles.